The Kier molecular flexibility index (Phi) is 5.39. The van der Waals surface area contributed by atoms with Crippen molar-refractivity contribution in [2.45, 2.75) is 14.5 Å². The van der Waals surface area contributed by atoms with Gasteiger partial charge >= 0.3 is 0 Å². The van der Waals surface area contributed by atoms with E-state index >= 15 is 0 Å². The molecule has 2 heterocycles. The van der Waals surface area contributed by atoms with Gasteiger partial charge in [0.1, 0.15) is 0 Å². The maximum atomic E-state index is 6.50. The Morgan fingerprint density at radius 1 is 0.947 bits per heavy atom. The Bertz CT molecular complexity index is 499. The average molecular weight is 395 g/mol. The molecule has 0 nitrogen and oxygen atoms in total. The molecule has 1 atom stereocenters. The van der Waals surface area contributed by atoms with Crippen LogP contribution >= 0.6 is 80.7 Å². The Morgan fingerprint density at radius 3 is 2.05 bits per heavy atom. The molecule has 0 amide bonds. The highest BCUT2D eigenvalue weighted by atomic mass is 35.6. The third kappa shape index (κ3) is 3.94. The van der Waals surface area contributed by atoms with Crippen LogP contribution in [-0.4, -0.2) is 3.79 Å². The number of halogens is 5. The van der Waals surface area contributed by atoms with E-state index in [1.54, 1.807) is 11.3 Å². The smallest absolute Gasteiger partial charge is 0.149 e. The van der Waals surface area contributed by atoms with Crippen molar-refractivity contribution >= 4 is 80.7 Å². The second-order valence-electron chi connectivity index (χ2n) is 3.98. The highest BCUT2D eigenvalue weighted by molar-refractivity contribution is 7.11. The Balaban J connectivity index is 2.33. The fourth-order valence-corrected chi connectivity index (χ4v) is 5.16. The molecule has 7 heteroatoms. The third-order valence-electron chi connectivity index (χ3n) is 2.67. The second-order valence-corrected chi connectivity index (χ2v) is 9.71. The molecule has 0 aliphatic rings. The molecule has 1 unspecified atom stereocenters. The minimum atomic E-state index is -1.54. The molecule has 0 N–H and O–H groups in total. The summed E-state index contributed by atoms with van der Waals surface area (Å²) in [6.07, 6.45) is 0.513. The fraction of sp³-hybridized carbons (Fsp3) is 0.333. The van der Waals surface area contributed by atoms with Crippen LogP contribution in [0.1, 0.15) is 9.75 Å². The molecule has 0 radical (unpaired) electrons. The molecule has 0 saturated carbocycles. The summed E-state index contributed by atoms with van der Waals surface area (Å²) in [5, 5.41) is 3.87. The molecule has 104 valence electrons. The zero-order valence-corrected chi connectivity index (χ0v) is 14.9. The Labute approximate surface area is 145 Å². The van der Waals surface area contributed by atoms with E-state index < -0.39 is 14.0 Å². The van der Waals surface area contributed by atoms with Gasteiger partial charge in [0, 0.05) is 15.7 Å². The fourth-order valence-electron chi connectivity index (χ4n) is 1.72. The van der Waals surface area contributed by atoms with Gasteiger partial charge in [0.15, 0.2) is 8.13 Å². The molecule has 0 aromatic carbocycles. The number of alkyl halides is 5. The molecule has 0 fully saturated rings. The molecular weight excluding hydrogens is 386 g/mol. The number of hydrogen-bond acceptors (Lipinski definition) is 2. The van der Waals surface area contributed by atoms with Gasteiger partial charge in [-0.25, -0.2) is 0 Å². The molecule has 0 spiro atoms. The maximum absolute atomic E-state index is 6.50. The van der Waals surface area contributed by atoms with Gasteiger partial charge in [0.2, 0.25) is 0 Å². The van der Waals surface area contributed by atoms with Gasteiger partial charge in [0.05, 0.1) is 0 Å². The second kappa shape index (κ2) is 6.31. The predicted octanol–water partition coefficient (Wildman–Crippen LogP) is 6.67. The zero-order valence-electron chi connectivity index (χ0n) is 9.45. The lowest BCUT2D eigenvalue weighted by Crippen LogP contribution is -2.35. The monoisotopic (exact) mass is 392 g/mol. The molecule has 2 rings (SSSR count). The quantitative estimate of drug-likeness (QED) is 0.508. The van der Waals surface area contributed by atoms with Crippen molar-refractivity contribution in [2.24, 2.45) is 5.92 Å². The topological polar surface area (TPSA) is 0 Å². The summed E-state index contributed by atoms with van der Waals surface area (Å²) in [4.78, 5) is 1.86. The van der Waals surface area contributed by atoms with E-state index in [0.717, 1.165) is 9.75 Å². The van der Waals surface area contributed by atoms with E-state index in [2.05, 4.69) is 0 Å². The van der Waals surface area contributed by atoms with Gasteiger partial charge in [-0.15, -0.1) is 22.7 Å². The SMILES string of the molecule is ClC(Cl)(Cl)C(Cc1cccs1)C(Cl)(Cl)c1cccs1. The van der Waals surface area contributed by atoms with Crippen molar-refractivity contribution in [1.29, 1.82) is 0 Å². The summed E-state index contributed by atoms with van der Waals surface area (Å²) in [5.74, 6) is -0.536. The van der Waals surface area contributed by atoms with E-state index in [4.69, 9.17) is 58.0 Å². The van der Waals surface area contributed by atoms with Crippen LogP contribution in [0.25, 0.3) is 0 Å². The number of hydrogen-bond donors (Lipinski definition) is 0. The van der Waals surface area contributed by atoms with Crippen LogP contribution in [0.2, 0.25) is 0 Å². The van der Waals surface area contributed by atoms with Crippen LogP contribution in [-0.2, 0) is 10.8 Å². The third-order valence-corrected chi connectivity index (χ3v) is 6.52. The lowest BCUT2D eigenvalue weighted by Gasteiger charge is -2.34. The number of rotatable bonds is 4. The molecule has 19 heavy (non-hydrogen) atoms. The molecule has 0 saturated heterocycles. The van der Waals surface area contributed by atoms with Crippen LogP contribution < -0.4 is 0 Å². The molecular formula is C12H9Cl5S2. The lowest BCUT2D eigenvalue weighted by atomic mass is 10.00. The van der Waals surface area contributed by atoms with Crippen LogP contribution in [0, 0.1) is 5.92 Å². The van der Waals surface area contributed by atoms with Gasteiger partial charge in [-0.2, -0.15) is 0 Å². The van der Waals surface area contributed by atoms with Gasteiger partial charge < -0.3 is 0 Å². The van der Waals surface area contributed by atoms with Crippen molar-refractivity contribution in [1.82, 2.24) is 0 Å². The maximum Gasteiger partial charge on any atom is 0.196 e. The van der Waals surface area contributed by atoms with Crippen LogP contribution in [0.3, 0.4) is 0 Å². The highest BCUT2D eigenvalue weighted by Gasteiger charge is 2.48. The van der Waals surface area contributed by atoms with Crippen molar-refractivity contribution in [3.63, 3.8) is 0 Å². The van der Waals surface area contributed by atoms with E-state index in [9.17, 15) is 0 Å². The minimum Gasteiger partial charge on any atom is -0.149 e. The first-order valence-electron chi connectivity index (χ1n) is 5.32. The van der Waals surface area contributed by atoms with Gasteiger partial charge in [-0.3, -0.25) is 0 Å². The first kappa shape index (κ1) is 16.2. The summed E-state index contributed by atoms with van der Waals surface area (Å²) in [7, 11) is 0. The van der Waals surface area contributed by atoms with E-state index in [-0.39, 0.29) is 0 Å². The zero-order chi connectivity index (χ0) is 14.1. The van der Waals surface area contributed by atoms with Crippen molar-refractivity contribution in [3.05, 3.63) is 44.8 Å². The standard InChI is InChI=1S/C12H9Cl5S2/c13-11(14,10-4-2-6-19-10)9(12(15,16)17)7-8-3-1-5-18-8/h1-6,9H,7H2. The molecule has 0 aliphatic carbocycles. The minimum absolute atomic E-state index is 0.513. The predicted molar refractivity (Wildman–Crippen MR) is 89.5 cm³/mol. The Hall–Kier alpha value is 0.850. The molecule has 2 aromatic heterocycles. The van der Waals surface area contributed by atoms with Crippen molar-refractivity contribution in [2.75, 3.05) is 0 Å². The average Bonchev–Trinajstić information content (AvgIpc) is 2.97. The molecule has 2 aromatic rings. The Morgan fingerprint density at radius 2 is 1.58 bits per heavy atom. The largest absolute Gasteiger partial charge is 0.196 e. The van der Waals surface area contributed by atoms with Crippen molar-refractivity contribution < 1.29 is 0 Å². The first-order valence-corrected chi connectivity index (χ1v) is 8.97. The van der Waals surface area contributed by atoms with Crippen LogP contribution in [0.4, 0.5) is 0 Å². The summed E-state index contributed by atoms with van der Waals surface area (Å²) in [6.45, 7) is 0. The van der Waals surface area contributed by atoms with E-state index in [1.165, 1.54) is 11.3 Å². The highest BCUT2D eigenvalue weighted by Crippen LogP contribution is 2.54. The summed E-state index contributed by atoms with van der Waals surface area (Å²) < 4.78 is -2.78. The van der Waals surface area contributed by atoms with E-state index in [0.29, 0.717) is 6.42 Å². The normalized spacial score (nSPS) is 14.6. The molecule has 0 bridgehead atoms. The molecule has 0 aliphatic heterocycles. The number of thiophene rings is 2. The first-order chi connectivity index (χ1) is 8.82. The van der Waals surface area contributed by atoms with Gasteiger partial charge in [0.25, 0.3) is 0 Å². The van der Waals surface area contributed by atoms with Gasteiger partial charge in [-0.05, 0) is 29.3 Å². The summed E-state index contributed by atoms with van der Waals surface area (Å²) in [6, 6.07) is 7.65. The lowest BCUT2D eigenvalue weighted by molar-refractivity contribution is 0.485. The van der Waals surface area contributed by atoms with Gasteiger partial charge in [-0.1, -0.05) is 70.1 Å². The summed E-state index contributed by atoms with van der Waals surface area (Å²) >= 11 is 34.3. The van der Waals surface area contributed by atoms with Crippen LogP contribution in [0.5, 0.6) is 0 Å². The summed E-state index contributed by atoms with van der Waals surface area (Å²) in [5.41, 5.74) is 0. The van der Waals surface area contributed by atoms with Crippen LogP contribution in [0.15, 0.2) is 35.0 Å². The van der Waals surface area contributed by atoms with Crippen molar-refractivity contribution in [3.8, 4) is 0 Å². The van der Waals surface area contributed by atoms with E-state index in [1.807, 2.05) is 35.0 Å².